The van der Waals surface area contributed by atoms with E-state index in [9.17, 15) is 9.90 Å². The summed E-state index contributed by atoms with van der Waals surface area (Å²) >= 11 is 0. The van der Waals surface area contributed by atoms with E-state index in [1.54, 1.807) is 6.07 Å². The summed E-state index contributed by atoms with van der Waals surface area (Å²) in [4.78, 5) is 12.0. The molecule has 3 aromatic rings. The molecule has 1 aliphatic heterocycles. The second-order valence-electron chi connectivity index (χ2n) is 13.7. The minimum atomic E-state index is -2.26. The maximum atomic E-state index is 12.0. The van der Waals surface area contributed by atoms with Crippen molar-refractivity contribution in [3.05, 3.63) is 95.3 Å². The Balaban J connectivity index is 1.53. The van der Waals surface area contributed by atoms with Crippen LogP contribution in [0.2, 0.25) is 18.1 Å². The number of aliphatic hydroxyl groups is 1. The lowest BCUT2D eigenvalue weighted by atomic mass is 10.1. The Morgan fingerprint density at radius 1 is 0.935 bits per heavy atom. The van der Waals surface area contributed by atoms with Crippen molar-refractivity contribution in [3.63, 3.8) is 0 Å². The van der Waals surface area contributed by atoms with Crippen molar-refractivity contribution in [1.82, 2.24) is 4.57 Å². The van der Waals surface area contributed by atoms with Gasteiger partial charge in [0.05, 0.1) is 50.4 Å². The quantitative estimate of drug-likeness (QED) is 0.114. The van der Waals surface area contributed by atoms with Gasteiger partial charge in [0, 0.05) is 25.3 Å². The Bertz CT molecular complexity index is 1300. The molecule has 0 saturated carbocycles. The average Bonchev–Trinajstić information content (AvgIpc) is 3.43. The molecule has 0 amide bonds. The molecule has 2 unspecified atom stereocenters. The van der Waals surface area contributed by atoms with E-state index in [1.807, 2.05) is 71.3 Å². The third-order valence-corrected chi connectivity index (χ3v) is 13.6. The molecular weight excluding hydrogens is 598 g/mol. The highest BCUT2D eigenvalue weighted by atomic mass is 28.4. The van der Waals surface area contributed by atoms with Crippen molar-refractivity contribution in [1.29, 1.82) is 0 Å². The fourth-order valence-corrected chi connectivity index (χ4v) is 6.63. The van der Waals surface area contributed by atoms with E-state index in [1.165, 1.54) is 0 Å². The zero-order valence-corrected chi connectivity index (χ0v) is 29.2. The average molecular weight is 652 g/mol. The summed E-state index contributed by atoms with van der Waals surface area (Å²) in [5, 5.41) is 11.6. The normalized spacial score (nSPS) is 17.8. The molecule has 1 aliphatic rings. The molecule has 8 nitrogen and oxygen atoms in total. The summed E-state index contributed by atoms with van der Waals surface area (Å²) in [6.45, 7) is 13.4. The molecule has 4 atom stereocenters. The van der Waals surface area contributed by atoms with Crippen molar-refractivity contribution in [3.8, 4) is 0 Å². The van der Waals surface area contributed by atoms with Crippen molar-refractivity contribution in [2.75, 3.05) is 13.2 Å². The van der Waals surface area contributed by atoms with E-state index < -0.39 is 26.6 Å². The molecule has 0 bridgehead atoms. The van der Waals surface area contributed by atoms with E-state index >= 15 is 0 Å². The van der Waals surface area contributed by atoms with E-state index in [-0.39, 0.29) is 17.9 Å². The zero-order valence-electron chi connectivity index (χ0n) is 28.2. The number of ether oxygens (including phenoxy) is 4. The molecule has 1 aromatic heterocycles. The van der Waals surface area contributed by atoms with Gasteiger partial charge >= 0.3 is 0 Å². The maximum Gasteiger partial charge on any atom is 0.192 e. The lowest BCUT2D eigenvalue weighted by molar-refractivity contribution is -0.169. The Kier molecular flexibility index (Phi) is 13.8. The Labute approximate surface area is 276 Å². The number of aromatic nitrogens is 1. The largest absolute Gasteiger partial charge is 0.409 e. The van der Waals surface area contributed by atoms with Gasteiger partial charge in [0.1, 0.15) is 0 Å². The van der Waals surface area contributed by atoms with Crippen LogP contribution >= 0.6 is 0 Å². The van der Waals surface area contributed by atoms with Crippen LogP contribution in [-0.4, -0.2) is 62.1 Å². The molecule has 1 fully saturated rings. The number of nitrogens with zero attached hydrogens (tertiary/aromatic N) is 1. The molecule has 2 aromatic carbocycles. The van der Waals surface area contributed by atoms with Gasteiger partial charge in [-0.15, -0.1) is 0 Å². The van der Waals surface area contributed by atoms with E-state index in [4.69, 9.17) is 23.4 Å². The molecular formula is C37H53NO7Si. The molecule has 4 rings (SSSR count). The van der Waals surface area contributed by atoms with Crippen LogP contribution in [0.1, 0.15) is 73.8 Å². The van der Waals surface area contributed by atoms with Gasteiger partial charge in [0.2, 0.25) is 0 Å². The lowest BCUT2D eigenvalue weighted by Gasteiger charge is -2.41. The topological polar surface area (TPSA) is 88.4 Å². The van der Waals surface area contributed by atoms with E-state index in [0.29, 0.717) is 45.1 Å². The van der Waals surface area contributed by atoms with Gasteiger partial charge < -0.3 is 33.0 Å². The Morgan fingerprint density at radius 2 is 1.61 bits per heavy atom. The summed E-state index contributed by atoms with van der Waals surface area (Å²) in [5.74, 6) is 0. The van der Waals surface area contributed by atoms with Crippen molar-refractivity contribution < 1.29 is 33.3 Å². The third-order valence-electron chi connectivity index (χ3n) is 9.05. The highest BCUT2D eigenvalue weighted by molar-refractivity contribution is 6.74. The van der Waals surface area contributed by atoms with Crippen LogP contribution in [0.4, 0.5) is 0 Å². The van der Waals surface area contributed by atoms with Crippen LogP contribution in [0.15, 0.2) is 72.8 Å². The monoisotopic (exact) mass is 651 g/mol. The highest BCUT2D eigenvalue weighted by Crippen LogP contribution is 2.38. The number of hydrogen-bond donors (Lipinski definition) is 1. The molecule has 1 N–H and O–H groups in total. The fourth-order valence-electron chi connectivity index (χ4n) is 5.30. The van der Waals surface area contributed by atoms with Gasteiger partial charge in [-0.05, 0) is 60.7 Å². The number of carbonyl (C=O) groups is 1. The maximum absolute atomic E-state index is 12.0. The fraction of sp³-hybridized carbons (Fsp3) is 0.541. The number of carbonyl (C=O) groups excluding carboxylic acids is 1. The molecule has 1 saturated heterocycles. The minimum Gasteiger partial charge on any atom is -0.409 e. The highest BCUT2D eigenvalue weighted by Gasteiger charge is 2.41. The van der Waals surface area contributed by atoms with Crippen LogP contribution in [0, 0.1) is 0 Å². The van der Waals surface area contributed by atoms with Crippen LogP contribution in [-0.2, 0) is 49.7 Å². The molecule has 0 radical (unpaired) electrons. The van der Waals surface area contributed by atoms with Crippen molar-refractivity contribution >= 4 is 14.6 Å². The van der Waals surface area contributed by atoms with Gasteiger partial charge in [-0.1, -0.05) is 81.4 Å². The molecule has 9 heteroatoms. The first-order valence-electron chi connectivity index (χ1n) is 16.6. The first-order valence-corrected chi connectivity index (χ1v) is 19.5. The second-order valence-corrected chi connectivity index (χ2v) is 18.5. The smallest absolute Gasteiger partial charge is 0.192 e. The van der Waals surface area contributed by atoms with Gasteiger partial charge in [0.15, 0.2) is 20.9 Å². The number of aliphatic hydroxyl groups excluding tert-OH is 1. The lowest BCUT2D eigenvalue weighted by Crippen LogP contribution is -2.50. The minimum absolute atomic E-state index is 0.0335. The summed E-state index contributed by atoms with van der Waals surface area (Å²) in [7, 11) is -2.26. The van der Waals surface area contributed by atoms with Gasteiger partial charge in [-0.2, -0.15) is 0 Å². The van der Waals surface area contributed by atoms with Crippen molar-refractivity contribution in [2.45, 2.75) is 116 Å². The van der Waals surface area contributed by atoms with E-state index in [0.717, 1.165) is 42.4 Å². The van der Waals surface area contributed by atoms with Crippen LogP contribution in [0.25, 0.3) is 0 Å². The molecule has 2 heterocycles. The Morgan fingerprint density at radius 3 is 2.22 bits per heavy atom. The molecule has 0 aliphatic carbocycles. The summed E-state index contributed by atoms with van der Waals surface area (Å²) in [6.07, 6.45) is 2.13. The van der Waals surface area contributed by atoms with Gasteiger partial charge in [-0.3, -0.25) is 4.79 Å². The molecule has 46 heavy (non-hydrogen) atoms. The molecule has 252 valence electrons. The zero-order chi connectivity index (χ0) is 33.0. The van der Waals surface area contributed by atoms with Gasteiger partial charge in [-0.25, -0.2) is 0 Å². The number of hydrogen-bond acceptors (Lipinski definition) is 7. The predicted octanol–water partition coefficient (Wildman–Crippen LogP) is 7.29. The summed E-state index contributed by atoms with van der Waals surface area (Å²) in [6, 6.07) is 23.7. The molecule has 0 spiro atoms. The second kappa shape index (κ2) is 17.5. The Hall–Kier alpha value is -2.63. The predicted molar refractivity (Wildman–Crippen MR) is 182 cm³/mol. The van der Waals surface area contributed by atoms with Crippen LogP contribution < -0.4 is 0 Å². The SMILES string of the molecule is CC(C)(C)[Si](C)(C)O[C@H](COCc1ccccc1)[C@H](CC(O)Cn1c(C=O)ccc1COC1CCCCO1)OCc1ccccc1. The number of rotatable bonds is 18. The third kappa shape index (κ3) is 11.0. The summed E-state index contributed by atoms with van der Waals surface area (Å²) < 4.78 is 33.4. The van der Waals surface area contributed by atoms with Crippen molar-refractivity contribution in [2.24, 2.45) is 0 Å². The number of aldehydes is 1. The van der Waals surface area contributed by atoms with E-state index in [2.05, 4.69) is 33.9 Å². The number of benzene rings is 2. The van der Waals surface area contributed by atoms with Crippen LogP contribution in [0.3, 0.4) is 0 Å². The standard InChI is InChI=1S/C37H53NO7Si/c1-37(2,3)46(4,5)45-35(28-41-25-29-14-8-6-9-15-29)34(43-26-30-16-10-7-11-17-30)22-33(40)23-38-31(24-39)19-20-32(38)27-44-36-18-12-13-21-42-36/h6-11,14-17,19-20,24,33-36,40H,12-13,18,21-23,25-28H2,1-5H3/t33?,34-,35+,36?/m0/s1. The summed E-state index contributed by atoms with van der Waals surface area (Å²) in [5.41, 5.74) is 3.43. The van der Waals surface area contributed by atoms with Crippen LogP contribution in [0.5, 0.6) is 0 Å². The first kappa shape index (κ1) is 36.2. The van der Waals surface area contributed by atoms with Gasteiger partial charge in [0.25, 0.3) is 0 Å². The first-order chi connectivity index (χ1) is 22.1.